The molecule has 1 rings (SSSR count). The van der Waals surface area contributed by atoms with Gasteiger partial charge in [-0.15, -0.1) is 0 Å². The highest BCUT2D eigenvalue weighted by Crippen LogP contribution is 2.22. The van der Waals surface area contributed by atoms with Gasteiger partial charge in [0.05, 0.1) is 0 Å². The summed E-state index contributed by atoms with van der Waals surface area (Å²) in [4.78, 5) is 10.7. The highest BCUT2D eigenvalue weighted by Gasteiger charge is 1.97. The Kier molecular flexibility index (Phi) is 5.96. The van der Waals surface area contributed by atoms with Gasteiger partial charge in [0.25, 0.3) is 0 Å². The van der Waals surface area contributed by atoms with Crippen molar-refractivity contribution in [2.45, 2.75) is 13.3 Å². The second-order valence-corrected chi connectivity index (χ2v) is 5.31. The normalized spacial score (nSPS) is 10.9. The van der Waals surface area contributed by atoms with Crippen LogP contribution in [-0.2, 0) is 4.79 Å². The minimum Gasteiger partial charge on any atom is -0.288 e. The van der Waals surface area contributed by atoms with Crippen LogP contribution in [0.2, 0.25) is 10.0 Å². The van der Waals surface area contributed by atoms with E-state index in [1.54, 1.807) is 19.1 Å². The average Bonchev–Trinajstić information content (AvgIpc) is 2.20. The Labute approximate surface area is 110 Å². The van der Waals surface area contributed by atoms with Gasteiger partial charge in [-0.1, -0.05) is 53.2 Å². The van der Waals surface area contributed by atoms with E-state index in [4.69, 9.17) is 23.2 Å². The first kappa shape index (κ1) is 13.6. The van der Waals surface area contributed by atoms with E-state index in [1.807, 2.05) is 18.2 Å². The third-order valence-electron chi connectivity index (χ3n) is 1.85. The SMILES string of the molecule is CC(=O)SCCC=Cc1ccc(Cl)cc1Cl. The lowest BCUT2D eigenvalue weighted by Crippen LogP contribution is -1.83. The number of halogens is 2. The number of thioether (sulfide) groups is 1. The minimum absolute atomic E-state index is 0.151. The van der Waals surface area contributed by atoms with Crippen LogP contribution in [0.25, 0.3) is 6.08 Å². The number of benzene rings is 1. The molecule has 0 aliphatic rings. The molecule has 0 bridgehead atoms. The summed E-state index contributed by atoms with van der Waals surface area (Å²) in [5.41, 5.74) is 0.943. The van der Waals surface area contributed by atoms with E-state index in [2.05, 4.69) is 0 Å². The van der Waals surface area contributed by atoms with E-state index < -0.39 is 0 Å². The molecule has 0 saturated carbocycles. The first-order chi connectivity index (χ1) is 7.59. The van der Waals surface area contributed by atoms with E-state index in [0.717, 1.165) is 17.7 Å². The first-order valence-corrected chi connectivity index (χ1v) is 6.58. The molecule has 0 aliphatic carbocycles. The maximum absolute atomic E-state index is 10.7. The first-order valence-electron chi connectivity index (χ1n) is 4.84. The van der Waals surface area contributed by atoms with Crippen LogP contribution < -0.4 is 0 Å². The van der Waals surface area contributed by atoms with Crippen molar-refractivity contribution in [2.24, 2.45) is 0 Å². The van der Waals surface area contributed by atoms with Gasteiger partial charge in [-0.2, -0.15) is 0 Å². The van der Waals surface area contributed by atoms with Crippen molar-refractivity contribution in [1.29, 1.82) is 0 Å². The maximum Gasteiger partial charge on any atom is 0.185 e. The second-order valence-electron chi connectivity index (χ2n) is 3.20. The minimum atomic E-state index is 0.151. The Hall–Kier alpha value is -0.440. The summed E-state index contributed by atoms with van der Waals surface area (Å²) in [6, 6.07) is 5.39. The van der Waals surface area contributed by atoms with Crippen molar-refractivity contribution in [3.05, 3.63) is 39.9 Å². The van der Waals surface area contributed by atoms with Gasteiger partial charge in [0, 0.05) is 22.7 Å². The van der Waals surface area contributed by atoms with Crippen molar-refractivity contribution < 1.29 is 4.79 Å². The highest BCUT2D eigenvalue weighted by molar-refractivity contribution is 8.13. The van der Waals surface area contributed by atoms with Gasteiger partial charge >= 0.3 is 0 Å². The predicted octanol–water partition coefficient (Wildman–Crippen LogP) is 4.68. The van der Waals surface area contributed by atoms with Crippen LogP contribution in [-0.4, -0.2) is 10.9 Å². The highest BCUT2D eigenvalue weighted by atomic mass is 35.5. The quantitative estimate of drug-likeness (QED) is 0.742. The molecule has 1 nitrogen and oxygen atoms in total. The van der Waals surface area contributed by atoms with E-state index in [1.165, 1.54) is 11.8 Å². The predicted molar refractivity (Wildman–Crippen MR) is 73.3 cm³/mol. The fourth-order valence-electron chi connectivity index (χ4n) is 1.12. The molecular formula is C12H12Cl2OS. The maximum atomic E-state index is 10.7. The Balaban J connectivity index is 2.47. The molecule has 0 saturated heterocycles. The molecule has 0 heterocycles. The lowest BCUT2D eigenvalue weighted by Gasteiger charge is -1.98. The van der Waals surface area contributed by atoms with Crippen LogP contribution in [0.4, 0.5) is 0 Å². The molecule has 4 heteroatoms. The molecule has 1 aromatic rings. The largest absolute Gasteiger partial charge is 0.288 e. The molecule has 0 N–H and O–H groups in total. The molecule has 0 spiro atoms. The summed E-state index contributed by atoms with van der Waals surface area (Å²) in [5.74, 6) is 0.803. The number of allylic oxidation sites excluding steroid dienone is 1. The zero-order chi connectivity index (χ0) is 12.0. The molecule has 0 amide bonds. The Morgan fingerprint density at radius 2 is 2.19 bits per heavy atom. The zero-order valence-corrected chi connectivity index (χ0v) is 11.2. The molecule has 0 unspecified atom stereocenters. The summed E-state index contributed by atoms with van der Waals surface area (Å²) < 4.78 is 0. The number of carbonyl (C=O) groups is 1. The van der Waals surface area contributed by atoms with Gasteiger partial charge in [0.1, 0.15) is 0 Å². The van der Waals surface area contributed by atoms with Crippen LogP contribution in [0.1, 0.15) is 18.9 Å². The lowest BCUT2D eigenvalue weighted by molar-refractivity contribution is -0.109. The van der Waals surface area contributed by atoms with Crippen molar-refractivity contribution >= 4 is 46.2 Å². The van der Waals surface area contributed by atoms with Crippen molar-refractivity contribution in [1.82, 2.24) is 0 Å². The summed E-state index contributed by atoms with van der Waals surface area (Å²) in [6.07, 6.45) is 4.80. The molecule has 0 fully saturated rings. The topological polar surface area (TPSA) is 17.1 Å². The molecule has 86 valence electrons. The van der Waals surface area contributed by atoms with Gasteiger partial charge < -0.3 is 0 Å². The van der Waals surface area contributed by atoms with Gasteiger partial charge in [0.2, 0.25) is 0 Å². The number of carbonyl (C=O) groups excluding carboxylic acids is 1. The van der Waals surface area contributed by atoms with E-state index in [0.29, 0.717) is 10.0 Å². The molecule has 0 radical (unpaired) electrons. The fraction of sp³-hybridized carbons (Fsp3) is 0.250. The monoisotopic (exact) mass is 274 g/mol. The van der Waals surface area contributed by atoms with Gasteiger partial charge in [-0.3, -0.25) is 4.79 Å². The Morgan fingerprint density at radius 3 is 2.81 bits per heavy atom. The lowest BCUT2D eigenvalue weighted by atomic mass is 10.2. The summed E-state index contributed by atoms with van der Waals surface area (Å²) in [5, 5.41) is 1.43. The number of rotatable bonds is 4. The van der Waals surface area contributed by atoms with Crippen LogP contribution in [0.5, 0.6) is 0 Å². The molecule has 0 atom stereocenters. The number of hydrogen-bond donors (Lipinski definition) is 0. The van der Waals surface area contributed by atoms with E-state index in [-0.39, 0.29) is 5.12 Å². The standard InChI is InChI=1S/C12H12Cl2OS/c1-9(15)16-7-3-2-4-10-5-6-11(13)8-12(10)14/h2,4-6,8H,3,7H2,1H3. The van der Waals surface area contributed by atoms with Crippen molar-refractivity contribution in [3.63, 3.8) is 0 Å². The van der Waals surface area contributed by atoms with Crippen LogP contribution in [0, 0.1) is 0 Å². The molecule has 16 heavy (non-hydrogen) atoms. The molecule has 0 aromatic heterocycles. The van der Waals surface area contributed by atoms with Gasteiger partial charge in [0.15, 0.2) is 5.12 Å². The third-order valence-corrected chi connectivity index (χ3v) is 3.26. The summed E-state index contributed by atoms with van der Waals surface area (Å²) in [7, 11) is 0. The van der Waals surface area contributed by atoms with E-state index >= 15 is 0 Å². The van der Waals surface area contributed by atoms with Gasteiger partial charge in [-0.05, 0) is 24.1 Å². The van der Waals surface area contributed by atoms with Gasteiger partial charge in [-0.25, -0.2) is 0 Å². The molecular weight excluding hydrogens is 263 g/mol. The Bertz CT molecular complexity index is 402. The Morgan fingerprint density at radius 1 is 1.44 bits per heavy atom. The fourth-order valence-corrected chi connectivity index (χ4v) is 2.13. The summed E-state index contributed by atoms with van der Waals surface area (Å²) >= 11 is 13.1. The third kappa shape index (κ3) is 5.06. The smallest absolute Gasteiger partial charge is 0.185 e. The average molecular weight is 275 g/mol. The van der Waals surface area contributed by atoms with Crippen molar-refractivity contribution in [2.75, 3.05) is 5.75 Å². The molecule has 0 aliphatic heterocycles. The number of hydrogen-bond acceptors (Lipinski definition) is 2. The molecule has 1 aromatic carbocycles. The van der Waals surface area contributed by atoms with E-state index in [9.17, 15) is 4.79 Å². The van der Waals surface area contributed by atoms with Crippen LogP contribution in [0.15, 0.2) is 24.3 Å². The summed E-state index contributed by atoms with van der Waals surface area (Å²) in [6.45, 7) is 1.57. The van der Waals surface area contributed by atoms with Crippen LogP contribution >= 0.6 is 35.0 Å². The zero-order valence-electron chi connectivity index (χ0n) is 8.87. The van der Waals surface area contributed by atoms with Crippen molar-refractivity contribution in [3.8, 4) is 0 Å². The second kappa shape index (κ2) is 7.00. The van der Waals surface area contributed by atoms with Crippen LogP contribution in [0.3, 0.4) is 0 Å².